The zero-order valence-electron chi connectivity index (χ0n) is 16.9. The van der Waals surface area contributed by atoms with Gasteiger partial charge in [-0.2, -0.15) is 0 Å². The van der Waals surface area contributed by atoms with Crippen LogP contribution in [0.25, 0.3) is 22.6 Å². The maximum absolute atomic E-state index is 13.9. The standard InChI is InChI=1S/C24H17ClF2N4O/c1-14-21(31-24(32)29-20-12-11-16(26)13-19(20)27)22(17-9-5-6-10-18(17)25)30-23(28-14)15-7-3-2-4-8-15/h2-13H,1H3,(H2,29,31,32). The van der Waals surface area contributed by atoms with Crippen LogP contribution >= 0.6 is 11.6 Å². The first kappa shape index (κ1) is 21.4. The molecule has 1 aromatic heterocycles. The topological polar surface area (TPSA) is 66.9 Å². The largest absolute Gasteiger partial charge is 0.323 e. The van der Waals surface area contributed by atoms with Crippen LogP contribution < -0.4 is 10.6 Å². The van der Waals surface area contributed by atoms with Crippen molar-refractivity contribution in [1.82, 2.24) is 9.97 Å². The number of nitrogens with zero attached hydrogens (tertiary/aromatic N) is 2. The van der Waals surface area contributed by atoms with Crippen molar-refractivity contribution < 1.29 is 13.6 Å². The van der Waals surface area contributed by atoms with E-state index >= 15 is 0 Å². The number of benzene rings is 3. The van der Waals surface area contributed by atoms with Gasteiger partial charge in [-0.1, -0.05) is 60.1 Å². The highest BCUT2D eigenvalue weighted by atomic mass is 35.5. The second-order valence-corrected chi connectivity index (χ2v) is 7.31. The van der Waals surface area contributed by atoms with E-state index in [1.165, 1.54) is 0 Å². The zero-order valence-corrected chi connectivity index (χ0v) is 17.6. The molecule has 0 aliphatic rings. The smallest absolute Gasteiger partial charge is 0.305 e. The van der Waals surface area contributed by atoms with E-state index in [-0.39, 0.29) is 5.69 Å². The van der Waals surface area contributed by atoms with Crippen LogP contribution in [0.3, 0.4) is 0 Å². The summed E-state index contributed by atoms with van der Waals surface area (Å²) < 4.78 is 27.1. The van der Waals surface area contributed by atoms with E-state index < -0.39 is 17.7 Å². The number of hydrogen-bond acceptors (Lipinski definition) is 3. The quantitative estimate of drug-likeness (QED) is 0.363. The third-order valence-corrected chi connectivity index (χ3v) is 5.00. The van der Waals surface area contributed by atoms with Gasteiger partial charge >= 0.3 is 6.03 Å². The van der Waals surface area contributed by atoms with Crippen molar-refractivity contribution in [1.29, 1.82) is 0 Å². The summed E-state index contributed by atoms with van der Waals surface area (Å²) in [7, 11) is 0. The van der Waals surface area contributed by atoms with Gasteiger partial charge in [-0.05, 0) is 25.1 Å². The first-order chi connectivity index (χ1) is 15.4. The highest BCUT2D eigenvalue weighted by molar-refractivity contribution is 6.33. The lowest BCUT2D eigenvalue weighted by Crippen LogP contribution is -2.22. The maximum atomic E-state index is 13.9. The highest BCUT2D eigenvalue weighted by Crippen LogP contribution is 2.35. The third-order valence-electron chi connectivity index (χ3n) is 4.67. The molecule has 0 saturated heterocycles. The van der Waals surface area contributed by atoms with Crippen LogP contribution in [0.4, 0.5) is 25.0 Å². The van der Waals surface area contributed by atoms with Crippen LogP contribution in [-0.4, -0.2) is 16.0 Å². The fourth-order valence-electron chi connectivity index (χ4n) is 3.14. The van der Waals surface area contributed by atoms with Crippen molar-refractivity contribution in [2.45, 2.75) is 6.92 Å². The van der Waals surface area contributed by atoms with Gasteiger partial charge in [0.15, 0.2) is 5.82 Å². The molecule has 4 rings (SSSR count). The van der Waals surface area contributed by atoms with Gasteiger partial charge in [0.05, 0.1) is 27.8 Å². The van der Waals surface area contributed by atoms with E-state index in [0.717, 1.165) is 17.7 Å². The number of carbonyl (C=O) groups is 1. The molecule has 32 heavy (non-hydrogen) atoms. The molecule has 0 bridgehead atoms. The molecule has 0 aliphatic heterocycles. The Labute approximate surface area is 188 Å². The predicted molar refractivity (Wildman–Crippen MR) is 122 cm³/mol. The SMILES string of the molecule is Cc1nc(-c2ccccc2)nc(-c2ccccc2Cl)c1NC(=O)Nc1ccc(F)cc1F. The lowest BCUT2D eigenvalue weighted by atomic mass is 10.1. The Morgan fingerprint density at radius 2 is 1.62 bits per heavy atom. The molecule has 0 radical (unpaired) electrons. The van der Waals surface area contributed by atoms with Crippen LogP contribution in [0.1, 0.15) is 5.69 Å². The minimum Gasteiger partial charge on any atom is -0.305 e. The molecule has 0 fully saturated rings. The van der Waals surface area contributed by atoms with E-state index in [1.807, 2.05) is 30.3 Å². The van der Waals surface area contributed by atoms with Gasteiger partial charge in [0.1, 0.15) is 11.6 Å². The Hall–Kier alpha value is -3.84. The fourth-order valence-corrected chi connectivity index (χ4v) is 3.37. The molecule has 0 atom stereocenters. The van der Waals surface area contributed by atoms with Crippen LogP contribution in [-0.2, 0) is 0 Å². The summed E-state index contributed by atoms with van der Waals surface area (Å²) in [5.41, 5.74) is 2.45. The van der Waals surface area contributed by atoms with Crippen LogP contribution in [0, 0.1) is 18.6 Å². The Bertz CT molecular complexity index is 1300. The molecule has 160 valence electrons. The first-order valence-corrected chi connectivity index (χ1v) is 10.0. The molecule has 0 spiro atoms. The van der Waals surface area contributed by atoms with E-state index in [9.17, 15) is 13.6 Å². The number of hydrogen-bond donors (Lipinski definition) is 2. The monoisotopic (exact) mass is 450 g/mol. The number of urea groups is 1. The van der Waals surface area contributed by atoms with Crippen LogP contribution in [0.2, 0.25) is 5.02 Å². The minimum atomic E-state index is -0.890. The molecule has 2 N–H and O–H groups in total. The van der Waals surface area contributed by atoms with Crippen molar-refractivity contribution in [3.8, 4) is 22.6 Å². The molecular weight excluding hydrogens is 434 g/mol. The van der Waals surface area contributed by atoms with Gasteiger partial charge in [-0.15, -0.1) is 0 Å². The zero-order chi connectivity index (χ0) is 22.7. The number of rotatable bonds is 4. The van der Waals surface area contributed by atoms with Gasteiger partial charge in [0.2, 0.25) is 0 Å². The van der Waals surface area contributed by atoms with E-state index in [2.05, 4.69) is 20.6 Å². The number of aryl methyl sites for hydroxylation is 1. The van der Waals surface area contributed by atoms with Gasteiger partial charge in [-0.25, -0.2) is 23.5 Å². The molecule has 2 amide bonds. The second-order valence-electron chi connectivity index (χ2n) is 6.91. The minimum absolute atomic E-state index is 0.164. The number of nitrogens with one attached hydrogen (secondary N) is 2. The molecular formula is C24H17ClF2N4O. The van der Waals surface area contributed by atoms with E-state index in [4.69, 9.17) is 11.6 Å². The average Bonchev–Trinajstić information content (AvgIpc) is 2.78. The van der Waals surface area contributed by atoms with Crippen LogP contribution in [0.5, 0.6) is 0 Å². The lowest BCUT2D eigenvalue weighted by molar-refractivity contribution is 0.262. The molecule has 0 aliphatic carbocycles. The highest BCUT2D eigenvalue weighted by Gasteiger charge is 2.19. The average molecular weight is 451 g/mol. The summed E-state index contributed by atoms with van der Waals surface area (Å²) in [4.78, 5) is 21.8. The van der Waals surface area contributed by atoms with Crippen molar-refractivity contribution in [2.75, 3.05) is 10.6 Å². The second kappa shape index (κ2) is 9.11. The molecule has 0 unspecified atom stereocenters. The molecule has 8 heteroatoms. The number of anilines is 2. The lowest BCUT2D eigenvalue weighted by Gasteiger charge is -2.16. The number of carbonyl (C=O) groups excluding carboxylic acids is 1. The molecule has 0 saturated carbocycles. The molecule has 3 aromatic carbocycles. The number of aromatic nitrogens is 2. The fraction of sp³-hybridized carbons (Fsp3) is 0.0417. The number of amides is 2. The molecule has 5 nitrogen and oxygen atoms in total. The summed E-state index contributed by atoms with van der Waals surface area (Å²) in [6.45, 7) is 1.72. The van der Waals surface area contributed by atoms with Crippen molar-refractivity contribution in [3.05, 3.63) is 95.1 Å². The van der Waals surface area contributed by atoms with E-state index in [0.29, 0.717) is 39.6 Å². The van der Waals surface area contributed by atoms with Gasteiger partial charge < -0.3 is 10.6 Å². The summed E-state index contributed by atoms with van der Waals surface area (Å²) in [5.74, 6) is -1.16. The summed E-state index contributed by atoms with van der Waals surface area (Å²) >= 11 is 6.41. The molecule has 1 heterocycles. The predicted octanol–water partition coefficient (Wildman–Crippen LogP) is 6.69. The van der Waals surface area contributed by atoms with Crippen molar-refractivity contribution in [2.24, 2.45) is 0 Å². The Morgan fingerprint density at radius 3 is 2.34 bits per heavy atom. The Balaban J connectivity index is 1.75. The summed E-state index contributed by atoms with van der Waals surface area (Å²) in [5, 5.41) is 5.49. The van der Waals surface area contributed by atoms with Gasteiger partial charge in [-0.3, -0.25) is 0 Å². The summed E-state index contributed by atoms with van der Waals surface area (Å²) in [6.07, 6.45) is 0. The normalized spacial score (nSPS) is 10.6. The maximum Gasteiger partial charge on any atom is 0.323 e. The number of halogens is 3. The third kappa shape index (κ3) is 4.58. The van der Waals surface area contributed by atoms with Crippen molar-refractivity contribution >= 4 is 29.0 Å². The van der Waals surface area contributed by atoms with Crippen LogP contribution in [0.15, 0.2) is 72.8 Å². The summed E-state index contributed by atoms with van der Waals surface area (Å²) in [6, 6.07) is 18.6. The van der Waals surface area contributed by atoms with E-state index in [1.54, 1.807) is 31.2 Å². The first-order valence-electron chi connectivity index (χ1n) is 9.64. The van der Waals surface area contributed by atoms with Gasteiger partial charge in [0.25, 0.3) is 0 Å². The van der Waals surface area contributed by atoms with Crippen molar-refractivity contribution in [3.63, 3.8) is 0 Å². The van der Waals surface area contributed by atoms with Gasteiger partial charge in [0, 0.05) is 17.2 Å². The Kier molecular flexibility index (Phi) is 6.09. The Morgan fingerprint density at radius 1 is 0.906 bits per heavy atom. The molecule has 4 aromatic rings.